The summed E-state index contributed by atoms with van der Waals surface area (Å²) in [7, 11) is -3.11. The van der Waals surface area contributed by atoms with Gasteiger partial charge in [0.1, 0.15) is 0 Å². The zero-order valence-electron chi connectivity index (χ0n) is 19.1. The lowest BCUT2D eigenvalue weighted by Crippen LogP contribution is -2.57. The van der Waals surface area contributed by atoms with Crippen molar-refractivity contribution in [3.8, 4) is 0 Å². The molecule has 0 saturated carbocycles. The summed E-state index contributed by atoms with van der Waals surface area (Å²) in [5.74, 6) is 1.43. The molecule has 0 aromatic rings. The van der Waals surface area contributed by atoms with Crippen molar-refractivity contribution in [1.82, 2.24) is 24.3 Å². The van der Waals surface area contributed by atoms with E-state index in [-0.39, 0.29) is 41.8 Å². The fourth-order valence-electron chi connectivity index (χ4n) is 4.57. The molecular weight excluding hydrogens is 531 g/mol. The van der Waals surface area contributed by atoms with Crippen LogP contribution in [0.25, 0.3) is 0 Å². The molecule has 0 spiro atoms. The number of rotatable bonds is 6. The van der Waals surface area contributed by atoms with E-state index in [1.54, 1.807) is 4.31 Å². The summed E-state index contributed by atoms with van der Waals surface area (Å²) in [5, 5.41) is 3.38. The van der Waals surface area contributed by atoms with E-state index in [4.69, 9.17) is 4.99 Å². The van der Waals surface area contributed by atoms with E-state index in [0.29, 0.717) is 19.6 Å². The lowest BCUT2D eigenvalue weighted by atomic mass is 10.1. The lowest BCUT2D eigenvalue weighted by Gasteiger charge is -2.39. The quantitative estimate of drug-likeness (QED) is 0.284. The van der Waals surface area contributed by atoms with E-state index in [1.807, 2.05) is 11.8 Å². The van der Waals surface area contributed by atoms with Crippen molar-refractivity contribution in [1.29, 1.82) is 0 Å². The number of hydrogen-bond acceptors (Lipinski definition) is 5. The second-order valence-electron chi connectivity index (χ2n) is 8.70. The Labute approximate surface area is 204 Å². The van der Waals surface area contributed by atoms with Gasteiger partial charge in [-0.1, -0.05) is 0 Å². The zero-order chi connectivity index (χ0) is 21.7. The normalized spacial score (nSPS) is 24.9. The van der Waals surface area contributed by atoms with Gasteiger partial charge in [0.05, 0.1) is 12.3 Å². The predicted octanol–water partition coefficient (Wildman–Crippen LogP) is 0.480. The lowest BCUT2D eigenvalue weighted by molar-refractivity contribution is -0.135. The second-order valence-corrected chi connectivity index (χ2v) is 10.7. The van der Waals surface area contributed by atoms with Gasteiger partial charge in [0.15, 0.2) is 5.96 Å². The second kappa shape index (κ2) is 12.0. The van der Waals surface area contributed by atoms with E-state index in [1.165, 1.54) is 6.26 Å². The van der Waals surface area contributed by atoms with Crippen molar-refractivity contribution in [2.75, 3.05) is 71.7 Å². The summed E-state index contributed by atoms with van der Waals surface area (Å²) < 4.78 is 25.0. The first-order valence-electron chi connectivity index (χ1n) is 11.3. The third kappa shape index (κ3) is 7.16. The number of amides is 1. The van der Waals surface area contributed by atoms with Crippen molar-refractivity contribution < 1.29 is 13.2 Å². The van der Waals surface area contributed by atoms with Gasteiger partial charge in [0, 0.05) is 65.4 Å². The van der Waals surface area contributed by atoms with Crippen LogP contribution in [0.3, 0.4) is 0 Å². The number of nitrogens with zero attached hydrogens (tertiary/aromatic N) is 5. The summed E-state index contributed by atoms with van der Waals surface area (Å²) in [4.78, 5) is 24.1. The van der Waals surface area contributed by atoms with Crippen LogP contribution in [0.5, 0.6) is 0 Å². The molecule has 3 saturated heterocycles. The average molecular weight is 571 g/mol. The van der Waals surface area contributed by atoms with Gasteiger partial charge in [0.2, 0.25) is 15.9 Å². The van der Waals surface area contributed by atoms with Crippen molar-refractivity contribution in [2.45, 2.75) is 39.2 Å². The highest BCUT2D eigenvalue weighted by Crippen LogP contribution is 2.19. The Hall–Kier alpha value is -0.660. The first-order valence-corrected chi connectivity index (χ1v) is 13.2. The van der Waals surface area contributed by atoms with Crippen LogP contribution in [0.1, 0.15) is 33.1 Å². The summed E-state index contributed by atoms with van der Waals surface area (Å²) in [5.41, 5.74) is 0. The fourth-order valence-corrected chi connectivity index (χ4v) is 5.49. The van der Waals surface area contributed by atoms with Gasteiger partial charge < -0.3 is 15.1 Å². The maximum absolute atomic E-state index is 12.7. The molecule has 3 fully saturated rings. The molecule has 180 valence electrons. The van der Waals surface area contributed by atoms with Crippen LogP contribution in [0.2, 0.25) is 0 Å². The Kier molecular flexibility index (Phi) is 10.3. The highest BCUT2D eigenvalue weighted by atomic mass is 127. The third-order valence-corrected chi connectivity index (χ3v) is 7.76. The zero-order valence-corrected chi connectivity index (χ0v) is 22.3. The number of carbonyl (C=O) groups is 1. The molecule has 0 radical (unpaired) electrons. The number of halogens is 1. The first-order chi connectivity index (χ1) is 14.3. The predicted molar refractivity (Wildman–Crippen MR) is 134 cm³/mol. The molecule has 1 N–H and O–H groups in total. The molecule has 3 aliphatic heterocycles. The molecule has 0 bridgehead atoms. The Morgan fingerprint density at radius 3 is 2.26 bits per heavy atom. The molecule has 11 heteroatoms. The molecule has 0 aliphatic carbocycles. The topological polar surface area (TPSA) is 88.6 Å². The number of nitrogens with one attached hydrogen (secondary N) is 1. The minimum atomic E-state index is -3.11. The van der Waals surface area contributed by atoms with E-state index < -0.39 is 10.0 Å². The van der Waals surface area contributed by atoms with Crippen molar-refractivity contribution in [3.63, 3.8) is 0 Å². The summed E-state index contributed by atoms with van der Waals surface area (Å²) in [6.07, 6.45) is 4.38. The Balaban J connectivity index is 0.00000341. The van der Waals surface area contributed by atoms with Crippen LogP contribution in [-0.4, -0.2) is 117 Å². The van der Waals surface area contributed by atoms with Gasteiger partial charge in [-0.2, -0.15) is 0 Å². The van der Waals surface area contributed by atoms with Crippen molar-refractivity contribution in [3.05, 3.63) is 0 Å². The highest BCUT2D eigenvalue weighted by Gasteiger charge is 2.31. The Morgan fingerprint density at radius 1 is 1.06 bits per heavy atom. The molecule has 3 rings (SSSR count). The molecule has 31 heavy (non-hydrogen) atoms. The summed E-state index contributed by atoms with van der Waals surface area (Å²) >= 11 is 0. The number of sulfonamides is 1. The molecule has 9 nitrogen and oxygen atoms in total. The standard InChI is InChI=1S/C20H38N6O3S.HI/c1-4-21-20(22-15-18-7-10-26(16-18)30(3,28)29)25-13-11-23(12-14-25)17(2)19(27)24-8-5-6-9-24;/h17-18H,4-16H2,1-3H3,(H,21,22);1H. The molecule has 1 amide bonds. The number of likely N-dealkylation sites (tertiary alicyclic amines) is 1. The number of carbonyl (C=O) groups excluding carboxylic acids is 1. The van der Waals surface area contributed by atoms with E-state index in [2.05, 4.69) is 22.0 Å². The summed E-state index contributed by atoms with van der Waals surface area (Å²) in [6, 6.07) is -0.0646. The van der Waals surface area contributed by atoms with Gasteiger partial charge >= 0.3 is 0 Å². The maximum atomic E-state index is 12.7. The minimum Gasteiger partial charge on any atom is -0.357 e. The van der Waals surface area contributed by atoms with Crippen LogP contribution < -0.4 is 5.32 Å². The average Bonchev–Trinajstić information content (AvgIpc) is 3.42. The van der Waals surface area contributed by atoms with Gasteiger partial charge in [0.25, 0.3) is 0 Å². The third-order valence-electron chi connectivity index (χ3n) is 6.49. The van der Waals surface area contributed by atoms with Crippen LogP contribution >= 0.6 is 24.0 Å². The Morgan fingerprint density at radius 2 is 1.71 bits per heavy atom. The molecule has 2 atom stereocenters. The highest BCUT2D eigenvalue weighted by molar-refractivity contribution is 14.0. The number of hydrogen-bond donors (Lipinski definition) is 1. The van der Waals surface area contributed by atoms with Crippen LogP contribution in [0.15, 0.2) is 4.99 Å². The first kappa shape index (κ1) is 26.6. The number of guanidine groups is 1. The molecule has 2 unspecified atom stereocenters. The number of aliphatic imine (C=N–C) groups is 1. The minimum absolute atomic E-state index is 0. The van der Waals surface area contributed by atoms with Crippen molar-refractivity contribution >= 4 is 45.9 Å². The SMILES string of the molecule is CCNC(=NCC1CCN(S(C)(=O)=O)C1)N1CCN(C(C)C(=O)N2CCCC2)CC1.I. The van der Waals surface area contributed by atoms with Crippen LogP contribution in [-0.2, 0) is 14.8 Å². The van der Waals surface area contributed by atoms with Crippen LogP contribution in [0, 0.1) is 5.92 Å². The Bertz CT molecular complexity index is 720. The number of piperazine rings is 1. The molecule has 0 aromatic heterocycles. The summed E-state index contributed by atoms with van der Waals surface area (Å²) in [6.45, 7) is 11.8. The maximum Gasteiger partial charge on any atom is 0.239 e. The van der Waals surface area contributed by atoms with Gasteiger partial charge in [-0.3, -0.25) is 14.7 Å². The molecule has 3 aliphatic rings. The molecular formula is C20H39IN6O3S. The monoisotopic (exact) mass is 570 g/mol. The van der Waals surface area contributed by atoms with Crippen molar-refractivity contribution in [2.24, 2.45) is 10.9 Å². The molecule has 0 aromatic carbocycles. The largest absolute Gasteiger partial charge is 0.357 e. The van der Waals surface area contributed by atoms with Gasteiger partial charge in [-0.15, -0.1) is 24.0 Å². The molecule has 3 heterocycles. The van der Waals surface area contributed by atoms with Gasteiger partial charge in [-0.25, -0.2) is 12.7 Å². The van der Waals surface area contributed by atoms with E-state index in [0.717, 1.165) is 71.0 Å². The van der Waals surface area contributed by atoms with E-state index in [9.17, 15) is 13.2 Å². The smallest absolute Gasteiger partial charge is 0.239 e. The van der Waals surface area contributed by atoms with E-state index >= 15 is 0 Å². The van der Waals surface area contributed by atoms with Crippen LogP contribution in [0.4, 0.5) is 0 Å². The fraction of sp³-hybridized carbons (Fsp3) is 0.900. The van der Waals surface area contributed by atoms with Gasteiger partial charge in [-0.05, 0) is 39.0 Å².